The number of alkyl halides is 3. The second-order valence-electron chi connectivity index (χ2n) is 7.21. The van der Waals surface area contributed by atoms with Crippen LogP contribution in [0, 0.1) is 17.8 Å². The molecule has 1 aliphatic carbocycles. The standard InChI is InChI=1S/C16H26F3NO2/c1-11(2)12-3-5-13(6-4-12)14(21)20-9-7-15(22,8-10-20)16(17,18)19/h11-13,22H,3-10H2,1-2H3. The van der Waals surface area contributed by atoms with Gasteiger partial charge in [-0.15, -0.1) is 0 Å². The van der Waals surface area contributed by atoms with Gasteiger partial charge in [0.05, 0.1) is 0 Å². The van der Waals surface area contributed by atoms with Crippen LogP contribution in [-0.2, 0) is 4.79 Å². The summed E-state index contributed by atoms with van der Waals surface area (Å²) in [6.07, 6.45) is -1.73. The third kappa shape index (κ3) is 3.58. The summed E-state index contributed by atoms with van der Waals surface area (Å²) >= 11 is 0. The number of halogens is 3. The number of aliphatic hydroxyl groups is 1. The molecule has 0 aromatic rings. The first-order chi connectivity index (χ1) is 10.1. The molecule has 1 N–H and O–H groups in total. The third-order valence-electron chi connectivity index (χ3n) is 5.49. The molecule has 0 aromatic heterocycles. The molecular formula is C16H26F3NO2. The molecule has 1 amide bonds. The van der Waals surface area contributed by atoms with Crippen molar-refractivity contribution < 1.29 is 23.1 Å². The summed E-state index contributed by atoms with van der Waals surface area (Å²) < 4.78 is 38.3. The van der Waals surface area contributed by atoms with Gasteiger partial charge in [0.15, 0.2) is 5.60 Å². The van der Waals surface area contributed by atoms with E-state index >= 15 is 0 Å². The van der Waals surface area contributed by atoms with Crippen molar-refractivity contribution >= 4 is 5.91 Å². The molecular weight excluding hydrogens is 295 g/mol. The van der Waals surface area contributed by atoms with Crippen LogP contribution in [0.2, 0.25) is 0 Å². The molecule has 0 unspecified atom stereocenters. The third-order valence-corrected chi connectivity index (χ3v) is 5.49. The quantitative estimate of drug-likeness (QED) is 0.847. The fourth-order valence-electron chi connectivity index (χ4n) is 3.67. The van der Waals surface area contributed by atoms with Crippen LogP contribution in [0.5, 0.6) is 0 Å². The van der Waals surface area contributed by atoms with Gasteiger partial charge in [-0.3, -0.25) is 4.79 Å². The smallest absolute Gasteiger partial charge is 0.380 e. The zero-order valence-electron chi connectivity index (χ0n) is 13.3. The van der Waals surface area contributed by atoms with Crippen LogP contribution in [0.3, 0.4) is 0 Å². The summed E-state index contributed by atoms with van der Waals surface area (Å²) in [5.41, 5.74) is -2.63. The molecule has 3 nitrogen and oxygen atoms in total. The van der Waals surface area contributed by atoms with Gasteiger partial charge in [0.25, 0.3) is 0 Å². The van der Waals surface area contributed by atoms with Crippen LogP contribution in [0.1, 0.15) is 52.4 Å². The van der Waals surface area contributed by atoms with Crippen LogP contribution in [0.15, 0.2) is 0 Å². The Morgan fingerprint density at radius 2 is 1.64 bits per heavy atom. The van der Waals surface area contributed by atoms with Gasteiger partial charge >= 0.3 is 6.18 Å². The van der Waals surface area contributed by atoms with Crippen molar-refractivity contribution in [3.8, 4) is 0 Å². The number of carbonyl (C=O) groups excluding carboxylic acids is 1. The van der Waals surface area contributed by atoms with E-state index in [0.29, 0.717) is 11.8 Å². The molecule has 1 aliphatic heterocycles. The first kappa shape index (κ1) is 17.6. The Kier molecular flexibility index (Phi) is 5.09. The van der Waals surface area contributed by atoms with Crippen molar-refractivity contribution in [3.63, 3.8) is 0 Å². The van der Waals surface area contributed by atoms with Gasteiger partial charge in [0.1, 0.15) is 0 Å². The van der Waals surface area contributed by atoms with E-state index in [-0.39, 0.29) is 24.9 Å². The zero-order valence-corrected chi connectivity index (χ0v) is 13.3. The van der Waals surface area contributed by atoms with Crippen LogP contribution >= 0.6 is 0 Å². The summed E-state index contributed by atoms with van der Waals surface area (Å²) in [6, 6.07) is 0. The Balaban J connectivity index is 1.86. The maximum Gasteiger partial charge on any atom is 0.417 e. The van der Waals surface area contributed by atoms with Gasteiger partial charge in [-0.1, -0.05) is 13.8 Å². The Morgan fingerprint density at radius 1 is 1.14 bits per heavy atom. The molecule has 0 bridgehead atoms. The fourth-order valence-corrected chi connectivity index (χ4v) is 3.67. The second-order valence-corrected chi connectivity index (χ2v) is 7.21. The number of amides is 1. The lowest BCUT2D eigenvalue weighted by molar-refractivity contribution is -0.272. The highest BCUT2D eigenvalue weighted by molar-refractivity contribution is 5.79. The molecule has 0 spiro atoms. The average Bonchev–Trinajstić information content (AvgIpc) is 2.46. The Bertz CT molecular complexity index is 393. The van der Waals surface area contributed by atoms with E-state index in [9.17, 15) is 23.1 Å². The van der Waals surface area contributed by atoms with Gasteiger partial charge in [-0.25, -0.2) is 0 Å². The number of hydrogen-bond acceptors (Lipinski definition) is 2. The minimum atomic E-state index is -4.61. The van der Waals surface area contributed by atoms with E-state index in [4.69, 9.17) is 0 Å². The number of likely N-dealkylation sites (tertiary alicyclic amines) is 1. The highest BCUT2D eigenvalue weighted by Gasteiger charge is 2.55. The molecule has 1 saturated carbocycles. The topological polar surface area (TPSA) is 40.5 Å². The lowest BCUT2D eigenvalue weighted by Crippen LogP contribution is -2.55. The molecule has 0 radical (unpaired) electrons. The van der Waals surface area contributed by atoms with E-state index in [1.165, 1.54) is 4.90 Å². The van der Waals surface area contributed by atoms with E-state index < -0.39 is 24.6 Å². The summed E-state index contributed by atoms with van der Waals surface area (Å²) in [7, 11) is 0. The maximum absolute atomic E-state index is 12.8. The Morgan fingerprint density at radius 3 is 2.05 bits per heavy atom. The predicted molar refractivity (Wildman–Crippen MR) is 77.1 cm³/mol. The van der Waals surface area contributed by atoms with Gasteiger partial charge in [-0.05, 0) is 37.5 Å². The van der Waals surface area contributed by atoms with Crippen molar-refractivity contribution in [2.75, 3.05) is 13.1 Å². The highest BCUT2D eigenvalue weighted by atomic mass is 19.4. The number of rotatable bonds is 2. The van der Waals surface area contributed by atoms with E-state index in [0.717, 1.165) is 25.7 Å². The van der Waals surface area contributed by atoms with Crippen molar-refractivity contribution in [2.24, 2.45) is 17.8 Å². The van der Waals surface area contributed by atoms with E-state index in [1.54, 1.807) is 0 Å². The minimum absolute atomic E-state index is 0.00104. The fraction of sp³-hybridized carbons (Fsp3) is 0.938. The molecule has 1 heterocycles. The SMILES string of the molecule is CC(C)C1CCC(C(=O)N2CCC(O)(C(F)(F)F)CC2)CC1. The minimum Gasteiger partial charge on any atom is -0.380 e. The van der Waals surface area contributed by atoms with Crippen LogP contribution in [-0.4, -0.2) is 40.8 Å². The molecule has 0 aromatic carbocycles. The average molecular weight is 321 g/mol. The number of carbonyl (C=O) groups is 1. The number of piperidine rings is 1. The monoisotopic (exact) mass is 321 g/mol. The number of hydrogen-bond donors (Lipinski definition) is 1. The van der Waals surface area contributed by atoms with Crippen molar-refractivity contribution in [1.29, 1.82) is 0 Å². The molecule has 2 rings (SSSR count). The molecule has 0 atom stereocenters. The predicted octanol–water partition coefficient (Wildman–Crippen LogP) is 3.36. The summed E-state index contributed by atoms with van der Waals surface area (Å²) in [5, 5.41) is 9.65. The van der Waals surface area contributed by atoms with Crippen LogP contribution in [0.25, 0.3) is 0 Å². The largest absolute Gasteiger partial charge is 0.417 e. The van der Waals surface area contributed by atoms with Crippen molar-refractivity contribution in [3.05, 3.63) is 0 Å². The van der Waals surface area contributed by atoms with E-state index in [2.05, 4.69) is 13.8 Å². The molecule has 2 aliphatic rings. The number of nitrogens with zero attached hydrogens (tertiary/aromatic N) is 1. The second kappa shape index (κ2) is 6.38. The molecule has 128 valence electrons. The van der Waals surface area contributed by atoms with Gasteiger partial charge in [0.2, 0.25) is 5.91 Å². The first-order valence-electron chi connectivity index (χ1n) is 8.22. The normalized spacial score (nSPS) is 29.7. The van der Waals surface area contributed by atoms with Gasteiger partial charge in [-0.2, -0.15) is 13.2 Å². The molecule has 2 fully saturated rings. The zero-order chi connectivity index (χ0) is 16.5. The molecule has 6 heteroatoms. The van der Waals surface area contributed by atoms with Gasteiger partial charge < -0.3 is 10.0 Å². The molecule has 1 saturated heterocycles. The van der Waals surface area contributed by atoms with Crippen molar-refractivity contribution in [1.82, 2.24) is 4.90 Å². The lowest BCUT2D eigenvalue weighted by Gasteiger charge is -2.41. The van der Waals surface area contributed by atoms with Gasteiger partial charge in [0, 0.05) is 31.8 Å². The first-order valence-corrected chi connectivity index (χ1v) is 8.22. The van der Waals surface area contributed by atoms with Crippen LogP contribution in [0.4, 0.5) is 13.2 Å². The maximum atomic E-state index is 12.8. The van der Waals surface area contributed by atoms with Crippen LogP contribution < -0.4 is 0 Å². The summed E-state index contributed by atoms with van der Waals surface area (Å²) in [6.45, 7) is 4.38. The summed E-state index contributed by atoms with van der Waals surface area (Å²) in [5.74, 6) is 1.20. The Labute approximate surface area is 129 Å². The summed E-state index contributed by atoms with van der Waals surface area (Å²) in [4.78, 5) is 14.0. The lowest BCUT2D eigenvalue weighted by atomic mass is 9.76. The van der Waals surface area contributed by atoms with E-state index in [1.807, 2.05) is 0 Å². The molecule has 22 heavy (non-hydrogen) atoms. The van der Waals surface area contributed by atoms with Crippen molar-refractivity contribution in [2.45, 2.75) is 64.1 Å². The highest BCUT2D eigenvalue weighted by Crippen LogP contribution is 2.39. The Hall–Kier alpha value is -0.780.